The Kier molecular flexibility index (Phi) is 5.52. The summed E-state index contributed by atoms with van der Waals surface area (Å²) >= 11 is 0. The average Bonchev–Trinajstić information content (AvgIpc) is 3.43. The second-order valence-corrected chi connectivity index (χ2v) is 6.68. The molecule has 0 unspecified atom stereocenters. The number of aromatic amines is 1. The van der Waals surface area contributed by atoms with Crippen LogP contribution in [-0.2, 0) is 6.54 Å². The third kappa shape index (κ3) is 4.35. The molecule has 0 spiro atoms. The minimum Gasteiger partial charge on any atom is -0.494 e. The maximum Gasteiger partial charge on any atom is 0.291 e. The van der Waals surface area contributed by atoms with Crippen LogP contribution in [0.1, 0.15) is 33.5 Å². The summed E-state index contributed by atoms with van der Waals surface area (Å²) in [7, 11) is 0. The van der Waals surface area contributed by atoms with Gasteiger partial charge >= 0.3 is 0 Å². The van der Waals surface area contributed by atoms with Gasteiger partial charge in [0.05, 0.1) is 12.9 Å². The Morgan fingerprint density at radius 3 is 2.60 bits per heavy atom. The number of hydrogen-bond donors (Lipinski definition) is 3. The summed E-state index contributed by atoms with van der Waals surface area (Å²) < 4.78 is 10.6. The van der Waals surface area contributed by atoms with E-state index in [0.717, 1.165) is 22.2 Å². The standard InChI is InChI=1S/C23H21N3O4/c1-2-29-18-10-7-16-12-20(26-19(16)13-18)22(27)24-14-15-5-8-17(9-6-15)25-23(28)21-4-3-11-30-21/h3-13,26H,2,14H2,1H3,(H,24,27)(H,25,28). The number of furan rings is 1. The van der Waals surface area contributed by atoms with Crippen molar-refractivity contribution in [1.82, 2.24) is 10.3 Å². The minimum absolute atomic E-state index is 0.195. The lowest BCUT2D eigenvalue weighted by atomic mass is 10.2. The quantitative estimate of drug-likeness (QED) is 0.428. The molecule has 0 saturated heterocycles. The molecule has 0 fully saturated rings. The van der Waals surface area contributed by atoms with Crippen LogP contribution in [-0.4, -0.2) is 23.4 Å². The number of rotatable bonds is 7. The molecule has 4 aromatic rings. The third-order valence-electron chi connectivity index (χ3n) is 4.56. The number of aromatic nitrogens is 1. The van der Waals surface area contributed by atoms with Crippen LogP contribution in [0.5, 0.6) is 5.75 Å². The lowest BCUT2D eigenvalue weighted by Crippen LogP contribution is -2.23. The lowest BCUT2D eigenvalue weighted by Gasteiger charge is -2.07. The number of carbonyl (C=O) groups excluding carboxylic acids is 2. The first-order valence-corrected chi connectivity index (χ1v) is 9.60. The number of ether oxygens (including phenoxy) is 1. The van der Waals surface area contributed by atoms with Gasteiger partial charge in [0.15, 0.2) is 5.76 Å². The summed E-state index contributed by atoms with van der Waals surface area (Å²) in [4.78, 5) is 27.6. The Labute approximate surface area is 173 Å². The minimum atomic E-state index is -0.313. The highest BCUT2D eigenvalue weighted by Gasteiger charge is 2.11. The van der Waals surface area contributed by atoms with Gasteiger partial charge in [0.25, 0.3) is 11.8 Å². The Morgan fingerprint density at radius 2 is 1.87 bits per heavy atom. The van der Waals surface area contributed by atoms with Crippen molar-refractivity contribution in [2.75, 3.05) is 11.9 Å². The van der Waals surface area contributed by atoms with Gasteiger partial charge in [-0.3, -0.25) is 9.59 Å². The molecule has 0 aliphatic carbocycles. The summed E-state index contributed by atoms with van der Waals surface area (Å²) in [6.07, 6.45) is 1.45. The highest BCUT2D eigenvalue weighted by atomic mass is 16.5. The molecule has 0 aliphatic rings. The zero-order valence-corrected chi connectivity index (χ0v) is 16.4. The van der Waals surface area contributed by atoms with Crippen LogP contribution < -0.4 is 15.4 Å². The molecule has 152 valence electrons. The largest absolute Gasteiger partial charge is 0.494 e. The average molecular weight is 403 g/mol. The zero-order valence-electron chi connectivity index (χ0n) is 16.4. The Bertz CT molecular complexity index is 1160. The molecule has 7 nitrogen and oxygen atoms in total. The van der Waals surface area contributed by atoms with Crippen LogP contribution in [0, 0.1) is 0 Å². The monoisotopic (exact) mass is 403 g/mol. The first kappa shape index (κ1) is 19.3. The summed E-state index contributed by atoms with van der Waals surface area (Å²) in [6, 6.07) is 18.0. The Hall–Kier alpha value is -4.00. The number of hydrogen-bond acceptors (Lipinski definition) is 4. The molecular formula is C23H21N3O4. The summed E-state index contributed by atoms with van der Waals surface area (Å²) in [5.41, 5.74) is 2.89. The molecule has 2 aromatic carbocycles. The predicted octanol–water partition coefficient (Wildman–Crippen LogP) is 4.34. The Morgan fingerprint density at radius 1 is 1.03 bits per heavy atom. The van der Waals surface area contributed by atoms with Crippen molar-refractivity contribution in [2.24, 2.45) is 0 Å². The van der Waals surface area contributed by atoms with Crippen LogP contribution >= 0.6 is 0 Å². The van der Waals surface area contributed by atoms with Gasteiger partial charge in [-0.2, -0.15) is 0 Å². The van der Waals surface area contributed by atoms with E-state index in [-0.39, 0.29) is 17.6 Å². The number of benzene rings is 2. The number of fused-ring (bicyclic) bond motifs is 1. The number of nitrogens with one attached hydrogen (secondary N) is 3. The predicted molar refractivity (Wildman–Crippen MR) is 114 cm³/mol. The molecule has 2 aromatic heterocycles. The molecule has 0 radical (unpaired) electrons. The van der Waals surface area contributed by atoms with Gasteiger partial charge < -0.3 is 24.8 Å². The normalized spacial score (nSPS) is 10.7. The van der Waals surface area contributed by atoms with Crippen LogP contribution in [0.25, 0.3) is 10.9 Å². The van der Waals surface area contributed by atoms with Gasteiger partial charge in [0.1, 0.15) is 11.4 Å². The van der Waals surface area contributed by atoms with Gasteiger partial charge in [-0.1, -0.05) is 12.1 Å². The molecule has 0 saturated carbocycles. The fourth-order valence-electron chi connectivity index (χ4n) is 3.07. The summed E-state index contributed by atoms with van der Waals surface area (Å²) in [6.45, 7) is 2.88. The number of anilines is 1. The number of H-pyrrole nitrogens is 1. The fraction of sp³-hybridized carbons (Fsp3) is 0.130. The highest BCUT2D eigenvalue weighted by molar-refractivity contribution is 6.02. The van der Waals surface area contributed by atoms with Gasteiger partial charge in [-0.25, -0.2) is 0 Å². The van der Waals surface area contributed by atoms with E-state index in [1.807, 2.05) is 43.3 Å². The topological polar surface area (TPSA) is 96.4 Å². The second-order valence-electron chi connectivity index (χ2n) is 6.68. The summed E-state index contributed by atoms with van der Waals surface area (Å²) in [5, 5.41) is 6.59. The molecule has 3 N–H and O–H groups in total. The van der Waals surface area contributed by atoms with Crippen LogP contribution in [0.3, 0.4) is 0 Å². The van der Waals surface area contributed by atoms with E-state index in [9.17, 15) is 9.59 Å². The maximum atomic E-state index is 12.5. The molecule has 0 aliphatic heterocycles. The summed E-state index contributed by atoms with van der Waals surface area (Å²) in [5.74, 6) is 0.503. The van der Waals surface area contributed by atoms with Gasteiger partial charge in [-0.05, 0) is 55.0 Å². The van der Waals surface area contributed by atoms with E-state index in [2.05, 4.69) is 15.6 Å². The molecular weight excluding hydrogens is 382 g/mol. The van der Waals surface area contributed by atoms with Gasteiger partial charge in [-0.15, -0.1) is 0 Å². The van der Waals surface area contributed by atoms with Crippen molar-refractivity contribution < 1.29 is 18.7 Å². The van der Waals surface area contributed by atoms with Crippen LogP contribution in [0.15, 0.2) is 71.3 Å². The van der Waals surface area contributed by atoms with Crippen molar-refractivity contribution in [3.05, 3.63) is 83.9 Å². The van der Waals surface area contributed by atoms with E-state index in [1.54, 1.807) is 24.3 Å². The zero-order chi connectivity index (χ0) is 20.9. The van der Waals surface area contributed by atoms with Crippen molar-refractivity contribution in [2.45, 2.75) is 13.5 Å². The third-order valence-corrected chi connectivity index (χ3v) is 4.56. The van der Waals surface area contributed by atoms with E-state index in [1.165, 1.54) is 6.26 Å². The first-order chi connectivity index (χ1) is 14.6. The second kappa shape index (κ2) is 8.57. The molecule has 2 amide bonds. The molecule has 4 rings (SSSR count). The van der Waals surface area contributed by atoms with Gasteiger partial charge in [0.2, 0.25) is 0 Å². The van der Waals surface area contributed by atoms with E-state index >= 15 is 0 Å². The molecule has 0 bridgehead atoms. The molecule has 0 atom stereocenters. The fourth-order valence-corrected chi connectivity index (χ4v) is 3.07. The SMILES string of the molecule is CCOc1ccc2cc(C(=O)NCc3ccc(NC(=O)c4ccco4)cc3)[nH]c2c1. The maximum absolute atomic E-state index is 12.5. The van der Waals surface area contributed by atoms with Crippen molar-refractivity contribution in [3.63, 3.8) is 0 Å². The van der Waals surface area contributed by atoms with E-state index < -0.39 is 0 Å². The van der Waals surface area contributed by atoms with Crippen molar-refractivity contribution >= 4 is 28.4 Å². The smallest absolute Gasteiger partial charge is 0.291 e. The van der Waals surface area contributed by atoms with Gasteiger partial charge in [0, 0.05) is 29.2 Å². The van der Waals surface area contributed by atoms with E-state index in [0.29, 0.717) is 24.5 Å². The van der Waals surface area contributed by atoms with Crippen LogP contribution in [0.4, 0.5) is 5.69 Å². The van der Waals surface area contributed by atoms with Crippen LogP contribution in [0.2, 0.25) is 0 Å². The van der Waals surface area contributed by atoms with E-state index in [4.69, 9.17) is 9.15 Å². The first-order valence-electron chi connectivity index (χ1n) is 9.60. The number of amides is 2. The lowest BCUT2D eigenvalue weighted by molar-refractivity contribution is 0.0945. The highest BCUT2D eigenvalue weighted by Crippen LogP contribution is 2.21. The van der Waals surface area contributed by atoms with Crippen molar-refractivity contribution in [1.29, 1.82) is 0 Å². The molecule has 2 heterocycles. The Balaban J connectivity index is 1.35. The number of carbonyl (C=O) groups is 2. The van der Waals surface area contributed by atoms with Crippen molar-refractivity contribution in [3.8, 4) is 5.75 Å². The molecule has 30 heavy (non-hydrogen) atoms. The molecule has 7 heteroatoms.